The Labute approximate surface area is 79.5 Å². The molecule has 1 aromatic rings. The van der Waals surface area contributed by atoms with Gasteiger partial charge in [0.1, 0.15) is 10.6 Å². The van der Waals surface area contributed by atoms with Crippen molar-refractivity contribution in [1.82, 2.24) is 4.83 Å². The minimum atomic E-state index is -3.56. The first-order chi connectivity index (χ1) is 6.09. The minimum absolute atomic E-state index is 0.0509. The number of sulfonamides is 1. The Hall–Kier alpha value is -1.14. The maximum atomic E-state index is 11.3. The molecule has 1 aliphatic heterocycles. The van der Waals surface area contributed by atoms with E-state index in [0.29, 0.717) is 10.7 Å². The summed E-state index contributed by atoms with van der Waals surface area (Å²) in [5.74, 6) is 0. The molecule has 0 bridgehead atoms. The lowest BCUT2D eigenvalue weighted by atomic mass is 10.3. The maximum Gasteiger partial charge on any atom is 0.280 e. The SMILES string of the molecule is O=S1(=O)NN=Nc2ccc(Cl)cc21. The van der Waals surface area contributed by atoms with Crippen LogP contribution in [0.4, 0.5) is 5.69 Å². The van der Waals surface area contributed by atoms with Gasteiger partial charge in [0.2, 0.25) is 0 Å². The molecule has 68 valence electrons. The van der Waals surface area contributed by atoms with Crippen LogP contribution in [-0.2, 0) is 10.0 Å². The molecule has 0 radical (unpaired) electrons. The second kappa shape index (κ2) is 2.68. The zero-order chi connectivity index (χ0) is 9.47. The number of rotatable bonds is 0. The summed E-state index contributed by atoms with van der Waals surface area (Å²) in [6, 6.07) is 4.39. The number of hydrogen-bond acceptors (Lipinski definition) is 4. The van der Waals surface area contributed by atoms with E-state index in [-0.39, 0.29) is 4.90 Å². The Morgan fingerprint density at radius 1 is 1.38 bits per heavy atom. The fourth-order valence-corrected chi connectivity index (χ4v) is 2.11. The van der Waals surface area contributed by atoms with Crippen LogP contribution in [0.25, 0.3) is 0 Å². The van der Waals surface area contributed by atoms with E-state index in [2.05, 4.69) is 10.3 Å². The van der Waals surface area contributed by atoms with Crippen molar-refractivity contribution in [1.29, 1.82) is 0 Å². The van der Waals surface area contributed by atoms with Crippen LogP contribution < -0.4 is 4.83 Å². The summed E-state index contributed by atoms with van der Waals surface area (Å²) in [6.45, 7) is 0. The van der Waals surface area contributed by atoms with Gasteiger partial charge in [0, 0.05) is 5.02 Å². The van der Waals surface area contributed by atoms with E-state index in [9.17, 15) is 8.42 Å². The quantitative estimate of drug-likeness (QED) is 0.718. The average Bonchev–Trinajstić information content (AvgIpc) is 2.06. The molecule has 1 aromatic carbocycles. The number of nitrogens with one attached hydrogen (secondary N) is 1. The van der Waals surface area contributed by atoms with Crippen LogP contribution >= 0.6 is 11.6 Å². The topological polar surface area (TPSA) is 70.9 Å². The molecule has 0 amide bonds. The third-order valence-corrected chi connectivity index (χ3v) is 2.99. The fraction of sp³-hybridized carbons (Fsp3) is 0. The summed E-state index contributed by atoms with van der Waals surface area (Å²) in [7, 11) is -3.56. The van der Waals surface area contributed by atoms with E-state index in [1.807, 2.05) is 4.83 Å². The molecule has 1 heterocycles. The molecular weight excluding hydrogens is 214 g/mol. The number of fused-ring (bicyclic) bond motifs is 1. The highest BCUT2D eigenvalue weighted by Crippen LogP contribution is 2.29. The zero-order valence-corrected chi connectivity index (χ0v) is 7.80. The van der Waals surface area contributed by atoms with Crippen LogP contribution in [0.3, 0.4) is 0 Å². The Morgan fingerprint density at radius 3 is 2.92 bits per heavy atom. The van der Waals surface area contributed by atoms with Gasteiger partial charge < -0.3 is 0 Å². The van der Waals surface area contributed by atoms with Crippen molar-refractivity contribution in [3.63, 3.8) is 0 Å². The zero-order valence-electron chi connectivity index (χ0n) is 6.23. The lowest BCUT2D eigenvalue weighted by Crippen LogP contribution is -2.20. The molecule has 0 saturated carbocycles. The Bertz CT molecular complexity index is 483. The molecule has 0 saturated heterocycles. The molecule has 1 N–H and O–H groups in total. The van der Waals surface area contributed by atoms with Gasteiger partial charge in [0.05, 0.1) is 0 Å². The summed E-state index contributed by atoms with van der Waals surface area (Å²) in [5, 5.41) is 7.20. The lowest BCUT2D eigenvalue weighted by molar-refractivity contribution is 0.578. The highest BCUT2D eigenvalue weighted by Gasteiger charge is 2.21. The first-order valence-electron chi connectivity index (χ1n) is 3.32. The Balaban J connectivity index is 2.77. The largest absolute Gasteiger partial charge is 0.280 e. The molecule has 0 aromatic heterocycles. The van der Waals surface area contributed by atoms with E-state index in [1.165, 1.54) is 12.1 Å². The predicted molar refractivity (Wildman–Crippen MR) is 46.3 cm³/mol. The van der Waals surface area contributed by atoms with Crippen molar-refractivity contribution in [2.45, 2.75) is 4.90 Å². The van der Waals surface area contributed by atoms with E-state index in [4.69, 9.17) is 11.6 Å². The molecule has 0 atom stereocenters. The normalized spacial score (nSPS) is 17.6. The summed E-state index contributed by atoms with van der Waals surface area (Å²) >= 11 is 5.64. The highest BCUT2D eigenvalue weighted by atomic mass is 35.5. The molecule has 0 spiro atoms. The molecule has 0 fully saturated rings. The molecule has 0 unspecified atom stereocenters. The van der Waals surface area contributed by atoms with Crippen LogP contribution in [-0.4, -0.2) is 8.42 Å². The monoisotopic (exact) mass is 217 g/mol. The standard InChI is InChI=1S/C6H4ClN3O2S/c7-4-1-2-5-6(3-4)13(11,12)10-9-8-5/h1-3H,(H,8,10). The van der Waals surface area contributed by atoms with Crippen molar-refractivity contribution in [2.24, 2.45) is 10.3 Å². The van der Waals surface area contributed by atoms with E-state index in [1.54, 1.807) is 6.07 Å². The molecule has 1 aliphatic rings. The van der Waals surface area contributed by atoms with Gasteiger partial charge in [-0.2, -0.15) is 13.2 Å². The molecular formula is C6H4ClN3O2S. The molecule has 7 heteroatoms. The number of halogens is 1. The van der Waals surface area contributed by atoms with E-state index >= 15 is 0 Å². The summed E-state index contributed by atoms with van der Waals surface area (Å²) in [4.78, 5) is 1.96. The summed E-state index contributed by atoms with van der Waals surface area (Å²) in [5.41, 5.74) is 0.295. The average molecular weight is 218 g/mol. The molecule has 0 aliphatic carbocycles. The summed E-state index contributed by atoms with van der Waals surface area (Å²) < 4.78 is 22.6. The van der Waals surface area contributed by atoms with Crippen LogP contribution in [0.2, 0.25) is 5.02 Å². The van der Waals surface area contributed by atoms with Crippen LogP contribution in [0, 0.1) is 0 Å². The third-order valence-electron chi connectivity index (χ3n) is 1.53. The third kappa shape index (κ3) is 1.38. The van der Waals surface area contributed by atoms with Gasteiger partial charge in [-0.15, -0.1) is 5.11 Å². The maximum absolute atomic E-state index is 11.3. The van der Waals surface area contributed by atoms with Gasteiger partial charge >= 0.3 is 0 Å². The first kappa shape index (κ1) is 8.46. The number of hydrogen-bond donors (Lipinski definition) is 1. The second-order valence-corrected chi connectivity index (χ2v) is 4.47. The van der Waals surface area contributed by atoms with Gasteiger partial charge in [-0.1, -0.05) is 16.8 Å². The van der Waals surface area contributed by atoms with E-state index < -0.39 is 10.0 Å². The first-order valence-corrected chi connectivity index (χ1v) is 5.18. The van der Waals surface area contributed by atoms with Gasteiger partial charge in [-0.25, -0.2) is 0 Å². The molecule has 13 heavy (non-hydrogen) atoms. The van der Waals surface area contributed by atoms with Gasteiger partial charge in [0.15, 0.2) is 0 Å². The van der Waals surface area contributed by atoms with Gasteiger partial charge in [-0.3, -0.25) is 0 Å². The second-order valence-electron chi connectivity index (χ2n) is 2.41. The van der Waals surface area contributed by atoms with Crippen LogP contribution in [0.1, 0.15) is 0 Å². The van der Waals surface area contributed by atoms with E-state index in [0.717, 1.165) is 0 Å². The number of nitrogens with zero attached hydrogens (tertiary/aromatic N) is 2. The summed E-state index contributed by atoms with van der Waals surface area (Å²) in [6.07, 6.45) is 0. The van der Waals surface area contributed by atoms with Gasteiger partial charge in [0.25, 0.3) is 10.0 Å². The molecule has 5 nitrogen and oxygen atoms in total. The van der Waals surface area contributed by atoms with Crippen LogP contribution in [0.15, 0.2) is 33.4 Å². The van der Waals surface area contributed by atoms with Gasteiger partial charge in [-0.05, 0) is 18.2 Å². The Morgan fingerprint density at radius 2 is 2.15 bits per heavy atom. The minimum Gasteiger partial charge on any atom is -0.200 e. The van der Waals surface area contributed by atoms with Crippen molar-refractivity contribution in [2.75, 3.05) is 0 Å². The van der Waals surface area contributed by atoms with Crippen molar-refractivity contribution in [3.8, 4) is 0 Å². The highest BCUT2D eigenvalue weighted by molar-refractivity contribution is 7.89. The van der Waals surface area contributed by atoms with Crippen molar-refractivity contribution < 1.29 is 8.42 Å². The smallest absolute Gasteiger partial charge is 0.200 e. The Kier molecular flexibility index (Phi) is 1.74. The number of benzene rings is 1. The fourth-order valence-electron chi connectivity index (χ4n) is 0.963. The van der Waals surface area contributed by atoms with Crippen LogP contribution in [0.5, 0.6) is 0 Å². The predicted octanol–water partition coefficient (Wildman–Crippen LogP) is 1.63. The van der Waals surface area contributed by atoms with Crippen molar-refractivity contribution in [3.05, 3.63) is 23.2 Å². The van der Waals surface area contributed by atoms with Crippen molar-refractivity contribution >= 4 is 27.3 Å². The molecule has 2 rings (SSSR count). The lowest BCUT2D eigenvalue weighted by Gasteiger charge is -2.09.